The van der Waals surface area contributed by atoms with Crippen LogP contribution in [0.1, 0.15) is 40.5 Å². The molecule has 0 amide bonds. The van der Waals surface area contributed by atoms with Crippen LogP contribution in [0.4, 0.5) is 0 Å². The molecule has 2 radical (unpaired) electrons. The standard InChI is InChI=1S/2C5H11.2Y/c2*1-4-5(2)3;;/h2*5H,1,4H2,2-3H3;;/q2*-1;;. The second-order valence-electron chi connectivity index (χ2n) is 3.37. The van der Waals surface area contributed by atoms with E-state index in [0.29, 0.717) is 0 Å². The zero-order valence-electron chi connectivity index (χ0n) is 9.14. The summed E-state index contributed by atoms with van der Waals surface area (Å²) in [6.45, 7) is 16.0. The molecule has 0 nitrogen and oxygen atoms in total. The summed E-state index contributed by atoms with van der Waals surface area (Å²) in [6, 6.07) is 0. The SMILES string of the molecule is [CH2-]CC(C)C.[CH2-]CC(C)C.[Y].[Y]. The summed E-state index contributed by atoms with van der Waals surface area (Å²) in [5, 5.41) is 0. The molecule has 0 aliphatic rings. The van der Waals surface area contributed by atoms with E-state index in [2.05, 4.69) is 41.5 Å². The molecule has 0 atom stereocenters. The van der Waals surface area contributed by atoms with E-state index < -0.39 is 0 Å². The van der Waals surface area contributed by atoms with Gasteiger partial charge in [0.15, 0.2) is 0 Å². The number of hydrogen-bond donors (Lipinski definition) is 0. The largest absolute Gasteiger partial charge is 0.343 e. The average Bonchev–Trinajstić information content (AvgIpc) is 1.89. The zero-order chi connectivity index (χ0) is 8.57. The molecule has 0 aromatic rings. The maximum Gasteiger partial charge on any atom is 0 e. The molecule has 2 heteroatoms. The van der Waals surface area contributed by atoms with Gasteiger partial charge in [-0.2, -0.15) is 12.8 Å². The van der Waals surface area contributed by atoms with E-state index in [1.54, 1.807) is 0 Å². The Morgan fingerprint density at radius 2 is 0.833 bits per heavy atom. The minimum absolute atomic E-state index is 0. The maximum absolute atomic E-state index is 3.69. The van der Waals surface area contributed by atoms with Gasteiger partial charge in [0.2, 0.25) is 0 Å². The van der Waals surface area contributed by atoms with E-state index in [1.807, 2.05) is 0 Å². The molecule has 0 heterocycles. The van der Waals surface area contributed by atoms with Crippen molar-refractivity contribution in [1.29, 1.82) is 0 Å². The van der Waals surface area contributed by atoms with Crippen LogP contribution in [0.3, 0.4) is 0 Å². The Hall–Kier alpha value is 2.21. The van der Waals surface area contributed by atoms with Gasteiger partial charge in [-0.05, 0) is 0 Å². The summed E-state index contributed by atoms with van der Waals surface area (Å²) in [4.78, 5) is 0. The van der Waals surface area contributed by atoms with Gasteiger partial charge in [0.05, 0.1) is 0 Å². The van der Waals surface area contributed by atoms with E-state index >= 15 is 0 Å². The Labute approximate surface area is 130 Å². The zero-order valence-corrected chi connectivity index (χ0v) is 14.8. The third-order valence-electron chi connectivity index (χ3n) is 1.15. The second kappa shape index (κ2) is 18.9. The van der Waals surface area contributed by atoms with Crippen molar-refractivity contribution in [3.63, 3.8) is 0 Å². The average molecular weight is 320 g/mol. The van der Waals surface area contributed by atoms with Crippen molar-refractivity contribution in [2.24, 2.45) is 11.8 Å². The topological polar surface area (TPSA) is 0 Å². The van der Waals surface area contributed by atoms with Gasteiger partial charge in [-0.1, -0.05) is 39.5 Å². The van der Waals surface area contributed by atoms with Gasteiger partial charge < -0.3 is 13.8 Å². The summed E-state index contributed by atoms with van der Waals surface area (Å²) < 4.78 is 0. The molecule has 0 spiro atoms. The molecule has 0 N–H and O–H groups in total. The molecule has 0 rings (SSSR count). The Kier molecular flexibility index (Phi) is 37.4. The summed E-state index contributed by atoms with van der Waals surface area (Å²) in [5.41, 5.74) is 0. The molecule has 0 aliphatic heterocycles. The third-order valence-corrected chi connectivity index (χ3v) is 1.15. The molecular formula is C10H22Y2-2. The second-order valence-corrected chi connectivity index (χ2v) is 3.37. The van der Waals surface area contributed by atoms with Crippen LogP contribution in [0.25, 0.3) is 0 Å². The van der Waals surface area contributed by atoms with Gasteiger partial charge in [0.1, 0.15) is 0 Å². The molecule has 0 saturated carbocycles. The summed E-state index contributed by atoms with van der Waals surface area (Å²) in [5.74, 6) is 1.55. The molecule has 0 bridgehead atoms. The molecule has 0 fully saturated rings. The first-order valence-corrected chi connectivity index (χ1v) is 4.13. The van der Waals surface area contributed by atoms with Crippen LogP contribution in [0, 0.1) is 25.7 Å². The molecule has 0 unspecified atom stereocenters. The van der Waals surface area contributed by atoms with Crippen molar-refractivity contribution in [3.05, 3.63) is 13.8 Å². The third kappa shape index (κ3) is 39.8. The van der Waals surface area contributed by atoms with Gasteiger partial charge in [-0.25, -0.2) is 0 Å². The van der Waals surface area contributed by atoms with E-state index in [-0.39, 0.29) is 65.4 Å². The Morgan fingerprint density at radius 3 is 0.833 bits per heavy atom. The molecule has 0 aliphatic carbocycles. The predicted octanol–water partition coefficient (Wildman–Crippen LogP) is 3.73. The predicted molar refractivity (Wildman–Crippen MR) is 49.6 cm³/mol. The Balaban J connectivity index is -0.0000000457. The van der Waals surface area contributed by atoms with Gasteiger partial charge in [-0.3, -0.25) is 0 Å². The summed E-state index contributed by atoms with van der Waals surface area (Å²) >= 11 is 0. The van der Waals surface area contributed by atoms with Crippen LogP contribution in [-0.2, 0) is 65.4 Å². The minimum atomic E-state index is 0. The van der Waals surface area contributed by atoms with Crippen molar-refractivity contribution >= 4 is 0 Å². The van der Waals surface area contributed by atoms with Crippen molar-refractivity contribution in [2.75, 3.05) is 0 Å². The first-order chi connectivity index (χ1) is 4.54. The fourth-order valence-electron chi connectivity index (χ4n) is 0. The van der Waals surface area contributed by atoms with Crippen molar-refractivity contribution in [1.82, 2.24) is 0 Å². The number of rotatable bonds is 2. The van der Waals surface area contributed by atoms with E-state index in [4.69, 9.17) is 0 Å². The Morgan fingerprint density at radius 1 is 0.750 bits per heavy atom. The number of hydrogen-bond acceptors (Lipinski definition) is 0. The van der Waals surface area contributed by atoms with Crippen molar-refractivity contribution in [3.8, 4) is 0 Å². The summed E-state index contributed by atoms with van der Waals surface area (Å²) in [6.07, 6.45) is 2.11. The van der Waals surface area contributed by atoms with Gasteiger partial charge in [0.25, 0.3) is 0 Å². The molecule has 0 saturated heterocycles. The first kappa shape index (κ1) is 23.8. The van der Waals surface area contributed by atoms with Crippen molar-refractivity contribution < 1.29 is 65.4 Å². The van der Waals surface area contributed by atoms with Crippen LogP contribution in [0.2, 0.25) is 0 Å². The first-order valence-electron chi connectivity index (χ1n) is 4.13. The molecule has 0 aromatic heterocycles. The van der Waals surface area contributed by atoms with Crippen LogP contribution in [0.5, 0.6) is 0 Å². The van der Waals surface area contributed by atoms with E-state index in [9.17, 15) is 0 Å². The summed E-state index contributed by atoms with van der Waals surface area (Å²) in [7, 11) is 0. The van der Waals surface area contributed by atoms with Gasteiger partial charge in [0, 0.05) is 65.4 Å². The molecule has 70 valence electrons. The van der Waals surface area contributed by atoms with Gasteiger partial charge in [-0.15, -0.1) is 0 Å². The van der Waals surface area contributed by atoms with Crippen LogP contribution >= 0.6 is 0 Å². The fraction of sp³-hybridized carbons (Fsp3) is 0.800. The molecular weight excluding hydrogens is 298 g/mol. The normalized spacial score (nSPS) is 8.00. The molecule has 12 heavy (non-hydrogen) atoms. The fourth-order valence-corrected chi connectivity index (χ4v) is 0. The van der Waals surface area contributed by atoms with Gasteiger partial charge >= 0.3 is 0 Å². The van der Waals surface area contributed by atoms with E-state index in [0.717, 1.165) is 24.7 Å². The van der Waals surface area contributed by atoms with Crippen LogP contribution in [0.15, 0.2) is 0 Å². The smallest absolute Gasteiger partial charge is 0 e. The Bertz CT molecular complexity index is 43.8. The van der Waals surface area contributed by atoms with Crippen LogP contribution in [-0.4, -0.2) is 0 Å². The monoisotopic (exact) mass is 320 g/mol. The molecule has 0 aromatic carbocycles. The maximum atomic E-state index is 3.69. The minimum Gasteiger partial charge on any atom is -0.343 e. The van der Waals surface area contributed by atoms with Crippen LogP contribution < -0.4 is 0 Å². The quantitative estimate of drug-likeness (QED) is 0.680. The van der Waals surface area contributed by atoms with E-state index in [1.165, 1.54) is 0 Å². The van der Waals surface area contributed by atoms with Crippen molar-refractivity contribution in [2.45, 2.75) is 40.5 Å².